The van der Waals surface area contributed by atoms with Crippen molar-refractivity contribution < 1.29 is 61.2 Å². The summed E-state index contributed by atoms with van der Waals surface area (Å²) in [5, 5.41) is 27.6. The van der Waals surface area contributed by atoms with Gasteiger partial charge in [-0.15, -0.1) is 0 Å². The van der Waals surface area contributed by atoms with Crippen LogP contribution in [0.3, 0.4) is 0 Å². The van der Waals surface area contributed by atoms with Gasteiger partial charge in [-0.05, 0) is 59.3 Å². The molecule has 0 unspecified atom stereocenters. The zero-order valence-corrected chi connectivity index (χ0v) is 24.9. The molecule has 12 nitrogen and oxygen atoms in total. The number of hydrogen-bond acceptors (Lipinski definition) is 9. The van der Waals surface area contributed by atoms with Gasteiger partial charge in [0.1, 0.15) is 17.3 Å². The van der Waals surface area contributed by atoms with Crippen LogP contribution in [0.5, 0.6) is 0 Å². The molecular formula is C27H45FeN3O9. The Morgan fingerprint density at radius 2 is 0.650 bits per heavy atom. The first-order valence-electron chi connectivity index (χ1n) is 13.6. The molecule has 0 spiro atoms. The smallest absolute Gasteiger partial charge is 0.230 e. The predicted molar refractivity (Wildman–Crippen MR) is 141 cm³/mol. The van der Waals surface area contributed by atoms with Crippen LogP contribution < -0.4 is 0 Å². The molecule has 3 amide bonds. The molecule has 3 heterocycles. The Bertz CT molecular complexity index is 737. The minimum Gasteiger partial charge on any atom is -0.393 e. The number of carbonyl (C=O) groups excluding carboxylic acids is 6. The maximum absolute atomic E-state index is 11.3. The number of hydrogen-bond donors (Lipinski definition) is 3. The maximum Gasteiger partial charge on any atom is 0.230 e. The Morgan fingerprint density at radius 1 is 0.475 bits per heavy atom. The Balaban J connectivity index is 0.000000563. The fourth-order valence-corrected chi connectivity index (χ4v) is 4.32. The average Bonchev–Trinajstić information content (AvgIpc) is 2.85. The summed E-state index contributed by atoms with van der Waals surface area (Å²) >= 11 is 0. The standard InChI is InChI=1S/3C9H15NO3.Fe/c3*1-7(11)6-9(13)10-4-2-8(12)3-5-10;/h3*8,12H,2-6H2,1H3;. The molecule has 3 saturated heterocycles. The number of nitrogens with zero attached hydrogens (tertiary/aromatic N) is 3. The first kappa shape index (κ1) is 37.8. The summed E-state index contributed by atoms with van der Waals surface area (Å²) in [5.74, 6) is -0.637. The number of Topliss-reactive ketones (excluding diaryl/α,β-unsaturated/α-hetero) is 3. The van der Waals surface area contributed by atoms with E-state index in [1.54, 1.807) is 14.7 Å². The van der Waals surface area contributed by atoms with E-state index in [-0.39, 0.29) is 89.7 Å². The third-order valence-electron chi connectivity index (χ3n) is 6.65. The molecule has 0 bridgehead atoms. The molecule has 40 heavy (non-hydrogen) atoms. The third kappa shape index (κ3) is 16.2. The van der Waals surface area contributed by atoms with Gasteiger partial charge in [-0.25, -0.2) is 0 Å². The van der Waals surface area contributed by atoms with Gasteiger partial charge in [0, 0.05) is 56.3 Å². The summed E-state index contributed by atoms with van der Waals surface area (Å²) in [7, 11) is 0. The van der Waals surface area contributed by atoms with Crippen molar-refractivity contribution in [1.82, 2.24) is 14.7 Å². The monoisotopic (exact) mass is 611 g/mol. The van der Waals surface area contributed by atoms with Crippen LogP contribution in [0.1, 0.15) is 78.6 Å². The molecule has 0 aromatic carbocycles. The second-order valence-corrected chi connectivity index (χ2v) is 10.5. The van der Waals surface area contributed by atoms with Crippen LogP contribution in [-0.4, -0.2) is 123 Å². The second-order valence-electron chi connectivity index (χ2n) is 10.5. The minimum absolute atomic E-state index is 0. The maximum atomic E-state index is 11.3. The fraction of sp³-hybridized carbons (Fsp3) is 0.778. The van der Waals surface area contributed by atoms with Crippen LogP contribution in [0.2, 0.25) is 0 Å². The number of piperidine rings is 3. The largest absolute Gasteiger partial charge is 0.393 e. The summed E-state index contributed by atoms with van der Waals surface area (Å²) in [5.41, 5.74) is 0. The fourth-order valence-electron chi connectivity index (χ4n) is 4.32. The van der Waals surface area contributed by atoms with Gasteiger partial charge in [0.15, 0.2) is 0 Å². The minimum atomic E-state index is -0.277. The molecule has 0 aliphatic carbocycles. The van der Waals surface area contributed by atoms with Crippen LogP contribution >= 0.6 is 0 Å². The zero-order valence-electron chi connectivity index (χ0n) is 23.8. The van der Waals surface area contributed by atoms with Crippen molar-refractivity contribution in [2.75, 3.05) is 39.3 Å². The van der Waals surface area contributed by atoms with E-state index >= 15 is 0 Å². The topological polar surface area (TPSA) is 173 Å². The summed E-state index contributed by atoms with van der Waals surface area (Å²) < 4.78 is 0. The molecule has 0 radical (unpaired) electrons. The average molecular weight is 612 g/mol. The molecule has 13 heteroatoms. The van der Waals surface area contributed by atoms with Crippen LogP contribution in [0.4, 0.5) is 0 Å². The van der Waals surface area contributed by atoms with E-state index in [1.165, 1.54) is 20.8 Å². The number of rotatable bonds is 6. The van der Waals surface area contributed by atoms with Crippen LogP contribution in [-0.2, 0) is 45.8 Å². The molecule has 230 valence electrons. The summed E-state index contributed by atoms with van der Waals surface area (Å²) in [4.78, 5) is 70.9. The van der Waals surface area contributed by atoms with E-state index in [9.17, 15) is 44.1 Å². The van der Waals surface area contributed by atoms with Crippen LogP contribution in [0.25, 0.3) is 0 Å². The normalized spacial score (nSPS) is 18.3. The second kappa shape index (κ2) is 19.8. The van der Waals surface area contributed by atoms with Gasteiger partial charge >= 0.3 is 0 Å². The summed E-state index contributed by atoms with van der Waals surface area (Å²) in [6.07, 6.45) is 2.93. The first-order valence-corrected chi connectivity index (χ1v) is 13.6. The summed E-state index contributed by atoms with van der Waals surface area (Å²) in [6, 6.07) is 0. The van der Waals surface area contributed by atoms with Crippen molar-refractivity contribution in [3.05, 3.63) is 0 Å². The van der Waals surface area contributed by atoms with Crippen molar-refractivity contribution in [2.45, 2.75) is 96.9 Å². The molecule has 0 aromatic rings. The van der Waals surface area contributed by atoms with E-state index in [0.29, 0.717) is 77.8 Å². The van der Waals surface area contributed by atoms with Crippen molar-refractivity contribution >= 4 is 35.1 Å². The van der Waals surface area contributed by atoms with Gasteiger partial charge in [-0.1, -0.05) is 0 Å². The van der Waals surface area contributed by atoms with Crippen LogP contribution in [0, 0.1) is 0 Å². The van der Waals surface area contributed by atoms with Crippen molar-refractivity contribution in [1.29, 1.82) is 0 Å². The van der Waals surface area contributed by atoms with E-state index in [2.05, 4.69) is 0 Å². The molecule has 3 N–H and O–H groups in total. The SMILES string of the molecule is CC(=O)CC(=O)N1CCC(O)CC1.CC(=O)CC(=O)N1CCC(O)CC1.CC(=O)CC(=O)N1CCC(O)CC1.[Fe]. The number of amides is 3. The van der Waals surface area contributed by atoms with E-state index in [1.807, 2.05) is 0 Å². The Labute approximate surface area is 246 Å². The van der Waals surface area contributed by atoms with E-state index < -0.39 is 0 Å². The Morgan fingerprint density at radius 3 is 0.800 bits per heavy atom. The quantitative estimate of drug-likeness (QED) is 0.273. The van der Waals surface area contributed by atoms with Gasteiger partial charge < -0.3 is 30.0 Å². The van der Waals surface area contributed by atoms with Crippen molar-refractivity contribution in [3.8, 4) is 0 Å². The number of ketones is 3. The summed E-state index contributed by atoms with van der Waals surface area (Å²) in [6.45, 7) is 7.70. The van der Waals surface area contributed by atoms with Gasteiger partial charge in [-0.2, -0.15) is 0 Å². The molecule has 3 aliphatic heterocycles. The Kier molecular flexibility index (Phi) is 18.7. The molecular weight excluding hydrogens is 566 g/mol. The van der Waals surface area contributed by atoms with Crippen molar-refractivity contribution in [3.63, 3.8) is 0 Å². The molecule has 0 atom stereocenters. The van der Waals surface area contributed by atoms with Crippen molar-refractivity contribution in [2.24, 2.45) is 0 Å². The zero-order chi connectivity index (χ0) is 29.5. The number of carbonyl (C=O) groups is 6. The van der Waals surface area contributed by atoms with Gasteiger partial charge in [-0.3, -0.25) is 28.8 Å². The number of aliphatic hydroxyl groups excluding tert-OH is 3. The molecule has 0 aromatic heterocycles. The Hall–Kier alpha value is -2.18. The number of aliphatic hydroxyl groups is 3. The predicted octanol–water partition coefficient (Wildman–Crippen LogP) is -0.156. The number of likely N-dealkylation sites (tertiary alicyclic amines) is 3. The molecule has 3 aliphatic rings. The van der Waals surface area contributed by atoms with E-state index in [4.69, 9.17) is 0 Å². The first-order chi connectivity index (χ1) is 18.3. The van der Waals surface area contributed by atoms with Gasteiger partial charge in [0.25, 0.3) is 0 Å². The van der Waals surface area contributed by atoms with Crippen LogP contribution in [0.15, 0.2) is 0 Å². The van der Waals surface area contributed by atoms with Gasteiger partial charge in [0.2, 0.25) is 17.7 Å². The van der Waals surface area contributed by atoms with E-state index in [0.717, 1.165) is 0 Å². The molecule has 3 fully saturated rings. The van der Waals surface area contributed by atoms with Gasteiger partial charge in [0.05, 0.1) is 37.6 Å². The molecule has 3 rings (SSSR count). The molecule has 0 saturated carbocycles. The third-order valence-corrected chi connectivity index (χ3v) is 6.65.